The van der Waals surface area contributed by atoms with Crippen molar-refractivity contribution >= 4 is 17.4 Å². The number of aromatic nitrogens is 2. The summed E-state index contributed by atoms with van der Waals surface area (Å²) in [4.78, 5) is 17.8. The predicted octanol–water partition coefficient (Wildman–Crippen LogP) is 1.60. The van der Waals surface area contributed by atoms with E-state index in [4.69, 9.17) is 17.3 Å². The lowest BCUT2D eigenvalue weighted by Gasteiger charge is -2.02. The third-order valence-corrected chi connectivity index (χ3v) is 2.35. The van der Waals surface area contributed by atoms with Gasteiger partial charge in [0.15, 0.2) is 0 Å². The molecule has 4 nitrogen and oxygen atoms in total. The summed E-state index contributed by atoms with van der Waals surface area (Å²) in [6.45, 7) is 0. The van der Waals surface area contributed by atoms with Crippen molar-refractivity contribution < 1.29 is 0 Å². The number of H-pyrrole nitrogens is 1. The summed E-state index contributed by atoms with van der Waals surface area (Å²) in [6, 6.07) is 8.60. The van der Waals surface area contributed by atoms with E-state index in [1.54, 1.807) is 12.1 Å². The maximum absolute atomic E-state index is 11.2. The zero-order valence-corrected chi connectivity index (χ0v) is 9.16. The Hall–Kier alpha value is -1.81. The standard InChI is InChI=1S/C11H10ClN3O/c12-8-3-1-7(2-4-8)5-10-14-9(13)6-11(16)15-10/h1-4,6H,5H2,(H3,13,14,15,16). The second-order valence-corrected chi connectivity index (χ2v) is 3.86. The minimum Gasteiger partial charge on any atom is -0.383 e. The van der Waals surface area contributed by atoms with Gasteiger partial charge in [0.2, 0.25) is 0 Å². The molecule has 3 N–H and O–H groups in total. The van der Waals surface area contributed by atoms with E-state index in [2.05, 4.69) is 9.97 Å². The SMILES string of the molecule is Nc1cc(=O)[nH]c(Cc2ccc(Cl)cc2)n1. The summed E-state index contributed by atoms with van der Waals surface area (Å²) in [5, 5.41) is 0.678. The van der Waals surface area contributed by atoms with Crippen LogP contribution in [0.2, 0.25) is 5.02 Å². The molecule has 0 amide bonds. The number of rotatable bonds is 2. The van der Waals surface area contributed by atoms with Crippen LogP contribution in [-0.2, 0) is 6.42 Å². The van der Waals surface area contributed by atoms with Gasteiger partial charge in [-0.2, -0.15) is 0 Å². The molecular weight excluding hydrogens is 226 g/mol. The van der Waals surface area contributed by atoms with Crippen molar-refractivity contribution in [3.05, 3.63) is 57.1 Å². The Morgan fingerprint density at radius 3 is 2.62 bits per heavy atom. The zero-order chi connectivity index (χ0) is 11.5. The molecule has 0 aliphatic rings. The summed E-state index contributed by atoms with van der Waals surface area (Å²) in [5.74, 6) is 0.778. The van der Waals surface area contributed by atoms with Gasteiger partial charge < -0.3 is 10.7 Å². The van der Waals surface area contributed by atoms with Gasteiger partial charge in [-0.3, -0.25) is 4.79 Å². The lowest BCUT2D eigenvalue weighted by atomic mass is 10.1. The fourth-order valence-electron chi connectivity index (χ4n) is 1.41. The summed E-state index contributed by atoms with van der Waals surface area (Å²) in [6.07, 6.45) is 0.525. The topological polar surface area (TPSA) is 71.8 Å². The fourth-order valence-corrected chi connectivity index (χ4v) is 1.53. The Labute approximate surface area is 97.1 Å². The van der Waals surface area contributed by atoms with E-state index < -0.39 is 0 Å². The van der Waals surface area contributed by atoms with Crippen molar-refractivity contribution in [2.45, 2.75) is 6.42 Å². The van der Waals surface area contributed by atoms with E-state index in [-0.39, 0.29) is 11.4 Å². The summed E-state index contributed by atoms with van der Waals surface area (Å²) in [5.41, 5.74) is 6.26. The number of benzene rings is 1. The van der Waals surface area contributed by atoms with Crippen LogP contribution in [0.15, 0.2) is 35.1 Å². The van der Waals surface area contributed by atoms with E-state index in [1.807, 2.05) is 12.1 Å². The molecule has 1 heterocycles. The highest BCUT2D eigenvalue weighted by atomic mass is 35.5. The first-order valence-electron chi connectivity index (χ1n) is 4.73. The van der Waals surface area contributed by atoms with Gasteiger partial charge in [-0.1, -0.05) is 23.7 Å². The number of nitrogens with two attached hydrogens (primary N) is 1. The second kappa shape index (κ2) is 4.37. The van der Waals surface area contributed by atoms with E-state index in [9.17, 15) is 4.79 Å². The van der Waals surface area contributed by atoms with Crippen LogP contribution in [0.3, 0.4) is 0 Å². The number of halogens is 1. The fraction of sp³-hybridized carbons (Fsp3) is 0.0909. The quantitative estimate of drug-likeness (QED) is 0.831. The largest absolute Gasteiger partial charge is 0.383 e. The average molecular weight is 236 g/mol. The Balaban J connectivity index is 2.26. The molecule has 0 atom stereocenters. The Morgan fingerprint density at radius 2 is 2.00 bits per heavy atom. The molecule has 0 bridgehead atoms. The minimum absolute atomic E-state index is 0.229. The van der Waals surface area contributed by atoms with Crippen LogP contribution < -0.4 is 11.3 Å². The minimum atomic E-state index is -0.239. The Morgan fingerprint density at radius 1 is 1.31 bits per heavy atom. The number of nitrogens with one attached hydrogen (secondary N) is 1. The number of anilines is 1. The van der Waals surface area contributed by atoms with Gasteiger partial charge >= 0.3 is 0 Å². The van der Waals surface area contributed by atoms with Gasteiger partial charge in [0.05, 0.1) is 0 Å². The van der Waals surface area contributed by atoms with E-state index in [0.717, 1.165) is 5.56 Å². The normalized spacial score (nSPS) is 10.3. The monoisotopic (exact) mass is 235 g/mol. The first kappa shape index (κ1) is 10.7. The van der Waals surface area contributed by atoms with Crippen LogP contribution in [0.1, 0.15) is 11.4 Å². The number of nitrogen functional groups attached to an aromatic ring is 1. The van der Waals surface area contributed by atoms with Gasteiger partial charge in [0.1, 0.15) is 11.6 Å². The molecule has 16 heavy (non-hydrogen) atoms. The van der Waals surface area contributed by atoms with Crippen molar-refractivity contribution in [2.24, 2.45) is 0 Å². The van der Waals surface area contributed by atoms with Crippen molar-refractivity contribution in [1.82, 2.24) is 9.97 Å². The summed E-state index contributed by atoms with van der Waals surface area (Å²) >= 11 is 5.77. The molecular formula is C11H10ClN3O. The van der Waals surface area contributed by atoms with Crippen LogP contribution in [0.25, 0.3) is 0 Å². The molecule has 1 aromatic carbocycles. The van der Waals surface area contributed by atoms with Crippen LogP contribution in [0.4, 0.5) is 5.82 Å². The van der Waals surface area contributed by atoms with Gasteiger partial charge in [-0.05, 0) is 17.7 Å². The molecule has 82 valence electrons. The van der Waals surface area contributed by atoms with Crippen LogP contribution in [0.5, 0.6) is 0 Å². The molecule has 0 aliphatic carbocycles. The molecule has 2 rings (SSSR count). The molecule has 2 aromatic rings. The van der Waals surface area contributed by atoms with Gasteiger partial charge in [-0.15, -0.1) is 0 Å². The molecule has 0 radical (unpaired) electrons. The maximum Gasteiger partial charge on any atom is 0.252 e. The highest BCUT2D eigenvalue weighted by molar-refractivity contribution is 6.30. The number of hydrogen-bond acceptors (Lipinski definition) is 3. The van der Waals surface area contributed by atoms with Crippen LogP contribution in [-0.4, -0.2) is 9.97 Å². The van der Waals surface area contributed by atoms with Gasteiger partial charge in [0, 0.05) is 17.5 Å². The van der Waals surface area contributed by atoms with Gasteiger partial charge in [-0.25, -0.2) is 4.98 Å². The maximum atomic E-state index is 11.2. The highest BCUT2D eigenvalue weighted by Gasteiger charge is 2.00. The zero-order valence-electron chi connectivity index (χ0n) is 8.40. The Bertz CT molecular complexity index is 548. The molecule has 0 saturated heterocycles. The molecule has 0 saturated carbocycles. The van der Waals surface area contributed by atoms with E-state index in [0.29, 0.717) is 17.3 Å². The Kier molecular flexibility index (Phi) is 2.92. The molecule has 0 aliphatic heterocycles. The third-order valence-electron chi connectivity index (χ3n) is 2.10. The number of aromatic amines is 1. The van der Waals surface area contributed by atoms with E-state index in [1.165, 1.54) is 6.07 Å². The first-order valence-corrected chi connectivity index (χ1v) is 5.11. The first-order chi connectivity index (χ1) is 7.63. The predicted molar refractivity (Wildman–Crippen MR) is 63.5 cm³/mol. The van der Waals surface area contributed by atoms with Crippen LogP contribution >= 0.6 is 11.6 Å². The third kappa shape index (κ3) is 2.61. The second-order valence-electron chi connectivity index (χ2n) is 3.42. The number of hydrogen-bond donors (Lipinski definition) is 2. The lowest BCUT2D eigenvalue weighted by Crippen LogP contribution is -2.12. The van der Waals surface area contributed by atoms with Crippen molar-refractivity contribution in [2.75, 3.05) is 5.73 Å². The van der Waals surface area contributed by atoms with Crippen molar-refractivity contribution in [1.29, 1.82) is 0 Å². The van der Waals surface area contributed by atoms with Gasteiger partial charge in [0.25, 0.3) is 5.56 Å². The smallest absolute Gasteiger partial charge is 0.252 e. The van der Waals surface area contributed by atoms with Crippen molar-refractivity contribution in [3.8, 4) is 0 Å². The molecule has 0 spiro atoms. The number of nitrogens with zero attached hydrogens (tertiary/aromatic N) is 1. The van der Waals surface area contributed by atoms with Crippen LogP contribution in [0, 0.1) is 0 Å². The average Bonchev–Trinajstić information content (AvgIpc) is 2.20. The summed E-state index contributed by atoms with van der Waals surface area (Å²) < 4.78 is 0. The molecule has 0 fully saturated rings. The van der Waals surface area contributed by atoms with E-state index >= 15 is 0 Å². The van der Waals surface area contributed by atoms with Crippen molar-refractivity contribution in [3.63, 3.8) is 0 Å². The highest BCUT2D eigenvalue weighted by Crippen LogP contribution is 2.11. The summed E-state index contributed by atoms with van der Waals surface area (Å²) in [7, 11) is 0. The molecule has 0 unspecified atom stereocenters. The molecule has 5 heteroatoms. The molecule has 1 aromatic heterocycles. The lowest BCUT2D eigenvalue weighted by molar-refractivity contribution is 0.952.